The van der Waals surface area contributed by atoms with Gasteiger partial charge in [0.1, 0.15) is 11.5 Å². The van der Waals surface area contributed by atoms with Gasteiger partial charge in [-0.25, -0.2) is 10.2 Å². The Morgan fingerprint density at radius 1 is 1.10 bits per heavy atom. The number of methoxy groups -OCH3 is 2. The maximum atomic E-state index is 11.1. The highest BCUT2D eigenvalue weighted by Crippen LogP contribution is 2.36. The summed E-state index contributed by atoms with van der Waals surface area (Å²) in [6.07, 6.45) is 1.40. The van der Waals surface area contributed by atoms with E-state index in [9.17, 15) is 4.79 Å². The number of nitrogens with one attached hydrogen (secondary N) is 1. The molecule has 0 aromatic heterocycles. The monoisotopic (exact) mass is 436 g/mol. The lowest BCUT2D eigenvalue weighted by molar-refractivity contribution is 0.171. The molecule has 0 atom stereocenters. The molecular formula is C21H25ClN2O6. The molecule has 1 N–H and O–H groups in total. The Balaban J connectivity index is 1.92. The minimum Gasteiger partial charge on any atom is -0.497 e. The molecule has 2 aromatic carbocycles. The predicted molar refractivity (Wildman–Crippen MR) is 114 cm³/mol. The molecule has 0 spiro atoms. The third-order valence-corrected chi connectivity index (χ3v) is 4.01. The van der Waals surface area contributed by atoms with Crippen LogP contribution < -0.4 is 24.4 Å². The molecule has 1 amide bonds. The number of hydrazone groups is 1. The summed E-state index contributed by atoms with van der Waals surface area (Å²) in [5.74, 6) is 2.39. The molecule has 0 aliphatic heterocycles. The standard InChI is InChI=1S/C21H25ClN2O6/c1-4-28-19-12-15(14-23-24-21(25)27-3)11-18(22)20(19)30-10-6-9-29-17-8-5-7-16(13-17)26-2/h5,7-8,11-14H,4,6,9-10H2,1-3H3,(H,24,25)/b23-14+. The first-order valence-electron chi connectivity index (χ1n) is 9.30. The van der Waals surface area contributed by atoms with Crippen molar-refractivity contribution >= 4 is 23.9 Å². The van der Waals surface area contributed by atoms with Crippen molar-refractivity contribution in [1.29, 1.82) is 0 Å². The van der Waals surface area contributed by atoms with Gasteiger partial charge in [-0.15, -0.1) is 0 Å². The SMILES string of the molecule is CCOc1cc(/C=N/NC(=O)OC)cc(Cl)c1OCCCOc1cccc(OC)c1. The number of rotatable bonds is 11. The lowest BCUT2D eigenvalue weighted by Crippen LogP contribution is -2.16. The molecule has 0 saturated heterocycles. The lowest BCUT2D eigenvalue weighted by Gasteiger charge is -2.14. The Labute approximate surface area is 180 Å². The van der Waals surface area contributed by atoms with Crippen molar-refractivity contribution in [3.63, 3.8) is 0 Å². The van der Waals surface area contributed by atoms with Crippen LogP contribution in [0.5, 0.6) is 23.0 Å². The summed E-state index contributed by atoms with van der Waals surface area (Å²) < 4.78 is 26.8. The number of hydrogen-bond acceptors (Lipinski definition) is 7. The summed E-state index contributed by atoms with van der Waals surface area (Å²) in [6, 6.07) is 10.8. The normalized spacial score (nSPS) is 10.5. The molecule has 0 unspecified atom stereocenters. The van der Waals surface area contributed by atoms with Crippen molar-refractivity contribution in [1.82, 2.24) is 5.43 Å². The number of ether oxygens (including phenoxy) is 5. The first-order valence-corrected chi connectivity index (χ1v) is 9.68. The molecule has 0 saturated carbocycles. The summed E-state index contributed by atoms with van der Waals surface area (Å²) in [5, 5.41) is 4.15. The molecule has 0 fully saturated rings. The van der Waals surface area contributed by atoms with Crippen molar-refractivity contribution in [2.75, 3.05) is 34.0 Å². The van der Waals surface area contributed by atoms with E-state index in [0.717, 1.165) is 11.5 Å². The van der Waals surface area contributed by atoms with E-state index in [-0.39, 0.29) is 0 Å². The molecule has 0 bridgehead atoms. The number of hydrogen-bond donors (Lipinski definition) is 1. The Morgan fingerprint density at radius 2 is 1.87 bits per heavy atom. The van der Waals surface area contributed by atoms with Crippen LogP contribution in [0.4, 0.5) is 4.79 Å². The van der Waals surface area contributed by atoms with Crippen LogP contribution in [-0.4, -0.2) is 46.3 Å². The van der Waals surface area contributed by atoms with Gasteiger partial charge in [0.05, 0.1) is 45.3 Å². The van der Waals surface area contributed by atoms with Crippen LogP contribution in [0.15, 0.2) is 41.5 Å². The van der Waals surface area contributed by atoms with Crippen molar-refractivity contribution in [3.05, 3.63) is 47.0 Å². The van der Waals surface area contributed by atoms with Gasteiger partial charge < -0.3 is 23.7 Å². The van der Waals surface area contributed by atoms with E-state index < -0.39 is 6.09 Å². The number of carbonyl (C=O) groups excluding carboxylic acids is 1. The predicted octanol–water partition coefficient (Wildman–Crippen LogP) is 4.29. The van der Waals surface area contributed by atoms with Crippen LogP contribution >= 0.6 is 11.6 Å². The quantitative estimate of drug-likeness (QED) is 0.321. The highest BCUT2D eigenvalue weighted by atomic mass is 35.5. The molecule has 0 radical (unpaired) electrons. The first kappa shape index (κ1) is 23.2. The van der Waals surface area contributed by atoms with Crippen LogP contribution in [-0.2, 0) is 4.74 Å². The van der Waals surface area contributed by atoms with E-state index in [1.807, 2.05) is 31.2 Å². The molecule has 0 aliphatic carbocycles. The number of benzene rings is 2. The van der Waals surface area contributed by atoms with Gasteiger partial charge >= 0.3 is 6.09 Å². The van der Waals surface area contributed by atoms with Gasteiger partial charge in [0, 0.05) is 12.5 Å². The van der Waals surface area contributed by atoms with E-state index in [1.54, 1.807) is 19.2 Å². The van der Waals surface area contributed by atoms with Gasteiger partial charge in [-0.3, -0.25) is 0 Å². The van der Waals surface area contributed by atoms with Crippen LogP contribution in [0, 0.1) is 0 Å². The minimum atomic E-state index is -0.668. The molecule has 0 aliphatic rings. The van der Waals surface area contributed by atoms with E-state index >= 15 is 0 Å². The van der Waals surface area contributed by atoms with Crippen molar-refractivity contribution in [2.24, 2.45) is 5.10 Å². The summed E-state index contributed by atoms with van der Waals surface area (Å²) in [7, 11) is 2.86. The number of carbonyl (C=O) groups is 1. The second-order valence-corrected chi connectivity index (χ2v) is 6.26. The van der Waals surface area contributed by atoms with Crippen LogP contribution in [0.25, 0.3) is 0 Å². The zero-order valence-corrected chi connectivity index (χ0v) is 17.9. The molecule has 162 valence electrons. The average Bonchev–Trinajstić information content (AvgIpc) is 2.75. The third kappa shape index (κ3) is 7.36. The molecular weight excluding hydrogens is 412 g/mol. The Kier molecular flexibility index (Phi) is 9.60. The summed E-state index contributed by atoms with van der Waals surface area (Å²) in [5.41, 5.74) is 2.84. The average molecular weight is 437 g/mol. The fourth-order valence-electron chi connectivity index (χ4n) is 2.38. The topological polar surface area (TPSA) is 87.6 Å². The fourth-order valence-corrected chi connectivity index (χ4v) is 2.66. The fraction of sp³-hybridized carbons (Fsp3) is 0.333. The van der Waals surface area contributed by atoms with Crippen LogP contribution in [0.1, 0.15) is 18.9 Å². The number of halogens is 1. The van der Waals surface area contributed by atoms with Gasteiger partial charge in [-0.1, -0.05) is 17.7 Å². The van der Waals surface area contributed by atoms with Crippen molar-refractivity contribution in [2.45, 2.75) is 13.3 Å². The number of nitrogens with zero attached hydrogens (tertiary/aromatic N) is 1. The van der Waals surface area contributed by atoms with Gasteiger partial charge in [-0.2, -0.15) is 5.10 Å². The largest absolute Gasteiger partial charge is 0.497 e. The Bertz CT molecular complexity index is 859. The molecule has 8 nitrogen and oxygen atoms in total. The van der Waals surface area contributed by atoms with Gasteiger partial charge in [0.2, 0.25) is 0 Å². The van der Waals surface area contributed by atoms with E-state index in [0.29, 0.717) is 48.3 Å². The molecule has 9 heteroatoms. The van der Waals surface area contributed by atoms with Crippen molar-refractivity contribution < 1.29 is 28.5 Å². The third-order valence-electron chi connectivity index (χ3n) is 3.73. The Morgan fingerprint density at radius 3 is 2.60 bits per heavy atom. The maximum absolute atomic E-state index is 11.1. The number of amides is 1. The summed E-state index contributed by atoms with van der Waals surface area (Å²) in [6.45, 7) is 3.16. The molecule has 30 heavy (non-hydrogen) atoms. The highest BCUT2D eigenvalue weighted by Gasteiger charge is 2.12. The van der Waals surface area contributed by atoms with Gasteiger partial charge in [0.25, 0.3) is 0 Å². The molecule has 2 rings (SSSR count). The van der Waals surface area contributed by atoms with Gasteiger partial charge in [0.15, 0.2) is 11.5 Å². The van der Waals surface area contributed by atoms with E-state index in [4.69, 9.17) is 30.5 Å². The zero-order chi connectivity index (χ0) is 21.8. The van der Waals surface area contributed by atoms with Crippen LogP contribution in [0.3, 0.4) is 0 Å². The van der Waals surface area contributed by atoms with Crippen molar-refractivity contribution in [3.8, 4) is 23.0 Å². The molecule has 0 heterocycles. The summed E-state index contributed by atoms with van der Waals surface area (Å²) in [4.78, 5) is 11.1. The van der Waals surface area contributed by atoms with E-state index in [2.05, 4.69) is 15.3 Å². The molecule has 2 aromatic rings. The van der Waals surface area contributed by atoms with Crippen LogP contribution in [0.2, 0.25) is 5.02 Å². The zero-order valence-electron chi connectivity index (χ0n) is 17.1. The summed E-state index contributed by atoms with van der Waals surface area (Å²) >= 11 is 6.36. The van der Waals surface area contributed by atoms with Gasteiger partial charge in [-0.05, 0) is 36.8 Å². The van der Waals surface area contributed by atoms with E-state index in [1.165, 1.54) is 13.3 Å². The minimum absolute atomic E-state index is 0.370. The lowest BCUT2D eigenvalue weighted by atomic mass is 10.2. The smallest absolute Gasteiger partial charge is 0.427 e. The second-order valence-electron chi connectivity index (χ2n) is 5.85. The maximum Gasteiger partial charge on any atom is 0.427 e. The second kappa shape index (κ2) is 12.4. The first-order chi connectivity index (χ1) is 14.6. The Hall–Kier alpha value is -3.13. The highest BCUT2D eigenvalue weighted by molar-refractivity contribution is 6.32.